The van der Waals surface area contributed by atoms with Gasteiger partial charge in [-0.05, 0) is 36.8 Å². The van der Waals surface area contributed by atoms with E-state index < -0.39 is 11.9 Å². The van der Waals surface area contributed by atoms with Crippen molar-refractivity contribution in [3.8, 4) is 5.75 Å². The first-order valence-corrected chi connectivity index (χ1v) is 8.04. The highest BCUT2D eigenvalue weighted by Gasteiger charge is 2.12. The van der Waals surface area contributed by atoms with E-state index in [0.717, 1.165) is 5.56 Å². The van der Waals surface area contributed by atoms with Crippen molar-refractivity contribution in [2.24, 2.45) is 0 Å². The number of carboxylic acids is 1. The number of aliphatic carboxylic acids is 1. The largest absolute Gasteiger partial charge is 0.484 e. The smallest absolute Gasteiger partial charge is 0.303 e. The van der Waals surface area contributed by atoms with Crippen LogP contribution in [0.1, 0.15) is 18.4 Å². The fourth-order valence-corrected chi connectivity index (χ4v) is 2.16. The molecule has 0 saturated heterocycles. The maximum Gasteiger partial charge on any atom is 0.303 e. The van der Waals surface area contributed by atoms with Crippen molar-refractivity contribution in [3.63, 3.8) is 0 Å². The second-order valence-corrected chi connectivity index (χ2v) is 5.64. The molecular formula is C19H20N2O5. The van der Waals surface area contributed by atoms with Gasteiger partial charge in [0.2, 0.25) is 5.91 Å². The van der Waals surface area contributed by atoms with Crippen molar-refractivity contribution in [1.29, 1.82) is 0 Å². The zero-order valence-corrected chi connectivity index (χ0v) is 14.3. The Morgan fingerprint density at radius 2 is 1.62 bits per heavy atom. The number of rotatable bonds is 8. The summed E-state index contributed by atoms with van der Waals surface area (Å²) in [6, 6.07) is 14.1. The van der Waals surface area contributed by atoms with Crippen LogP contribution >= 0.6 is 0 Å². The first-order chi connectivity index (χ1) is 12.4. The van der Waals surface area contributed by atoms with Gasteiger partial charge in [-0.3, -0.25) is 14.4 Å². The lowest BCUT2D eigenvalue weighted by atomic mass is 10.1. The molecule has 2 rings (SSSR count). The number of carboxylic acid groups (broad SMARTS) is 1. The predicted molar refractivity (Wildman–Crippen MR) is 97.2 cm³/mol. The average Bonchev–Trinajstić information content (AvgIpc) is 2.61. The number of anilines is 2. The van der Waals surface area contributed by atoms with Crippen molar-refractivity contribution in [2.75, 3.05) is 17.2 Å². The third kappa shape index (κ3) is 6.27. The first-order valence-electron chi connectivity index (χ1n) is 8.04. The van der Waals surface area contributed by atoms with Gasteiger partial charge in [0.15, 0.2) is 6.61 Å². The molecule has 0 spiro atoms. The van der Waals surface area contributed by atoms with Gasteiger partial charge < -0.3 is 20.5 Å². The SMILES string of the molecule is Cc1ccc(NC(=O)COc2ccccc2)c(NC(=O)CCC(=O)O)c1. The van der Waals surface area contributed by atoms with Gasteiger partial charge in [0.1, 0.15) is 5.75 Å². The van der Waals surface area contributed by atoms with Crippen molar-refractivity contribution < 1.29 is 24.2 Å². The van der Waals surface area contributed by atoms with Gasteiger partial charge >= 0.3 is 5.97 Å². The zero-order chi connectivity index (χ0) is 18.9. The van der Waals surface area contributed by atoms with E-state index in [1.54, 1.807) is 42.5 Å². The fraction of sp³-hybridized carbons (Fsp3) is 0.211. The molecule has 2 aromatic rings. The minimum atomic E-state index is -1.05. The highest BCUT2D eigenvalue weighted by molar-refractivity contribution is 6.00. The van der Waals surface area contributed by atoms with Crippen LogP contribution in [0.3, 0.4) is 0 Å². The van der Waals surface area contributed by atoms with E-state index >= 15 is 0 Å². The van der Waals surface area contributed by atoms with Crippen LogP contribution in [-0.2, 0) is 14.4 Å². The number of amides is 2. The molecule has 136 valence electrons. The van der Waals surface area contributed by atoms with E-state index in [9.17, 15) is 14.4 Å². The maximum absolute atomic E-state index is 12.1. The number of ether oxygens (including phenoxy) is 1. The topological polar surface area (TPSA) is 105 Å². The molecule has 0 aliphatic heterocycles. The molecule has 0 aliphatic carbocycles. The Bertz CT molecular complexity index is 790. The first kappa shape index (κ1) is 19.0. The Balaban J connectivity index is 1.98. The molecule has 0 aliphatic rings. The summed E-state index contributed by atoms with van der Waals surface area (Å²) >= 11 is 0. The quantitative estimate of drug-likeness (QED) is 0.674. The predicted octanol–water partition coefficient (Wildman–Crippen LogP) is 2.82. The van der Waals surface area contributed by atoms with E-state index in [1.165, 1.54) is 0 Å². The number of benzene rings is 2. The Labute approximate surface area is 151 Å². The van der Waals surface area contributed by atoms with E-state index in [4.69, 9.17) is 9.84 Å². The Morgan fingerprint density at radius 1 is 0.923 bits per heavy atom. The molecule has 0 atom stereocenters. The van der Waals surface area contributed by atoms with Crippen LogP contribution in [0.25, 0.3) is 0 Å². The molecule has 0 bridgehead atoms. The number of carbonyl (C=O) groups excluding carboxylic acids is 2. The molecule has 7 nitrogen and oxygen atoms in total. The molecule has 7 heteroatoms. The number of hydrogen-bond donors (Lipinski definition) is 3. The van der Waals surface area contributed by atoms with Crippen LogP contribution in [-0.4, -0.2) is 29.5 Å². The molecule has 0 aromatic heterocycles. The molecule has 0 saturated carbocycles. The highest BCUT2D eigenvalue weighted by Crippen LogP contribution is 2.23. The Morgan fingerprint density at radius 3 is 2.31 bits per heavy atom. The van der Waals surface area contributed by atoms with E-state index in [-0.39, 0.29) is 25.4 Å². The van der Waals surface area contributed by atoms with Crippen LogP contribution < -0.4 is 15.4 Å². The summed E-state index contributed by atoms with van der Waals surface area (Å²) in [6.07, 6.45) is -0.405. The van der Waals surface area contributed by atoms with Gasteiger partial charge in [0, 0.05) is 6.42 Å². The normalized spacial score (nSPS) is 10.0. The zero-order valence-electron chi connectivity index (χ0n) is 14.3. The summed E-state index contributed by atoms with van der Waals surface area (Å²) in [6.45, 7) is 1.67. The summed E-state index contributed by atoms with van der Waals surface area (Å²) in [5.74, 6) is -1.28. The standard InChI is InChI=1S/C19H20N2O5/c1-13-7-8-15(16(11-13)21-17(22)9-10-19(24)25)20-18(23)12-26-14-5-3-2-4-6-14/h2-8,11H,9-10,12H2,1H3,(H,20,23)(H,21,22)(H,24,25). The van der Waals surface area contributed by atoms with Crippen LogP contribution in [0.5, 0.6) is 5.75 Å². The Hall–Kier alpha value is -3.35. The van der Waals surface area contributed by atoms with E-state index in [1.807, 2.05) is 13.0 Å². The van der Waals surface area contributed by atoms with Gasteiger partial charge in [-0.15, -0.1) is 0 Å². The maximum atomic E-state index is 12.1. The third-order valence-corrected chi connectivity index (χ3v) is 3.40. The van der Waals surface area contributed by atoms with E-state index in [2.05, 4.69) is 10.6 Å². The molecule has 0 unspecified atom stereocenters. The number of nitrogens with one attached hydrogen (secondary N) is 2. The molecule has 26 heavy (non-hydrogen) atoms. The number of carbonyl (C=O) groups is 3. The van der Waals surface area contributed by atoms with Crippen molar-refractivity contribution in [2.45, 2.75) is 19.8 Å². The van der Waals surface area contributed by atoms with Crippen LogP contribution in [0.15, 0.2) is 48.5 Å². The minimum absolute atomic E-state index is 0.145. The monoisotopic (exact) mass is 356 g/mol. The molecule has 3 N–H and O–H groups in total. The summed E-state index contributed by atoms with van der Waals surface area (Å²) in [4.78, 5) is 34.5. The molecule has 2 aromatic carbocycles. The lowest BCUT2D eigenvalue weighted by Crippen LogP contribution is -2.22. The number of para-hydroxylation sites is 1. The van der Waals surface area contributed by atoms with Crippen LogP contribution in [0.2, 0.25) is 0 Å². The molecule has 2 amide bonds. The molecule has 0 fully saturated rings. The minimum Gasteiger partial charge on any atom is -0.484 e. The lowest BCUT2D eigenvalue weighted by Gasteiger charge is -2.13. The average molecular weight is 356 g/mol. The van der Waals surface area contributed by atoms with E-state index in [0.29, 0.717) is 17.1 Å². The van der Waals surface area contributed by atoms with Crippen molar-refractivity contribution >= 4 is 29.2 Å². The Kier molecular flexibility index (Phi) is 6.73. The molecular weight excluding hydrogens is 336 g/mol. The van der Waals surface area contributed by atoms with Gasteiger partial charge in [-0.1, -0.05) is 24.3 Å². The fourth-order valence-electron chi connectivity index (χ4n) is 2.16. The number of hydrogen-bond acceptors (Lipinski definition) is 4. The second-order valence-electron chi connectivity index (χ2n) is 5.64. The number of aryl methyl sites for hydroxylation is 1. The molecule has 0 radical (unpaired) electrons. The molecule has 0 heterocycles. The second kappa shape index (κ2) is 9.22. The van der Waals surface area contributed by atoms with Gasteiger partial charge in [0.25, 0.3) is 5.91 Å². The van der Waals surface area contributed by atoms with Crippen molar-refractivity contribution in [1.82, 2.24) is 0 Å². The van der Waals surface area contributed by atoms with Gasteiger partial charge in [-0.2, -0.15) is 0 Å². The summed E-state index contributed by atoms with van der Waals surface area (Å²) < 4.78 is 5.38. The highest BCUT2D eigenvalue weighted by atomic mass is 16.5. The summed E-state index contributed by atoms with van der Waals surface area (Å²) in [5, 5.41) is 14.0. The van der Waals surface area contributed by atoms with Crippen LogP contribution in [0.4, 0.5) is 11.4 Å². The van der Waals surface area contributed by atoms with Crippen LogP contribution in [0, 0.1) is 6.92 Å². The van der Waals surface area contributed by atoms with Gasteiger partial charge in [-0.25, -0.2) is 0 Å². The third-order valence-electron chi connectivity index (χ3n) is 3.40. The van der Waals surface area contributed by atoms with Gasteiger partial charge in [0.05, 0.1) is 17.8 Å². The summed E-state index contributed by atoms with van der Waals surface area (Å²) in [7, 11) is 0. The lowest BCUT2D eigenvalue weighted by molar-refractivity contribution is -0.138. The van der Waals surface area contributed by atoms with Crippen molar-refractivity contribution in [3.05, 3.63) is 54.1 Å². The summed E-state index contributed by atoms with van der Waals surface area (Å²) in [5.41, 5.74) is 1.71.